The minimum Gasteiger partial charge on any atom is -0.497 e. The van der Waals surface area contributed by atoms with Gasteiger partial charge in [0.2, 0.25) is 0 Å². The second kappa shape index (κ2) is 8.95. The van der Waals surface area contributed by atoms with Crippen molar-refractivity contribution in [3.05, 3.63) is 59.2 Å². The molecule has 0 saturated carbocycles. The van der Waals surface area contributed by atoms with Crippen LogP contribution in [0.25, 0.3) is 0 Å². The molecule has 1 unspecified atom stereocenters. The molecule has 162 valence electrons. The van der Waals surface area contributed by atoms with E-state index in [2.05, 4.69) is 0 Å². The van der Waals surface area contributed by atoms with Crippen LogP contribution in [0.5, 0.6) is 11.5 Å². The Hall–Kier alpha value is -2.74. The van der Waals surface area contributed by atoms with E-state index in [4.69, 9.17) is 9.47 Å². The first kappa shape index (κ1) is 22.0. The number of rotatable bonds is 6. The van der Waals surface area contributed by atoms with E-state index in [-0.39, 0.29) is 5.56 Å². The van der Waals surface area contributed by atoms with E-state index in [1.165, 1.54) is 26.4 Å². The van der Waals surface area contributed by atoms with E-state index >= 15 is 0 Å². The third-order valence-electron chi connectivity index (χ3n) is 5.54. The average Bonchev–Trinajstić information content (AvgIpc) is 2.74. The number of likely N-dealkylation sites (tertiary alicyclic amines) is 1. The molecule has 5 nitrogen and oxygen atoms in total. The van der Waals surface area contributed by atoms with Crippen molar-refractivity contribution in [2.75, 3.05) is 27.3 Å². The molecule has 0 aromatic heterocycles. The van der Waals surface area contributed by atoms with Crippen LogP contribution in [0.3, 0.4) is 0 Å². The van der Waals surface area contributed by atoms with Crippen molar-refractivity contribution >= 4 is 5.97 Å². The van der Waals surface area contributed by atoms with E-state index in [0.29, 0.717) is 43.0 Å². The number of nitrogens with zero attached hydrogens (tertiary/aromatic N) is 1. The van der Waals surface area contributed by atoms with Gasteiger partial charge in [0.25, 0.3) is 0 Å². The molecule has 0 amide bonds. The number of piperidine rings is 1. The van der Waals surface area contributed by atoms with Crippen LogP contribution in [0, 0.1) is 5.92 Å². The van der Waals surface area contributed by atoms with Crippen molar-refractivity contribution in [1.82, 2.24) is 4.90 Å². The molecule has 0 radical (unpaired) electrons. The molecule has 1 aliphatic heterocycles. The van der Waals surface area contributed by atoms with Gasteiger partial charge in [-0.1, -0.05) is 18.2 Å². The second-order valence-corrected chi connectivity index (χ2v) is 7.24. The highest BCUT2D eigenvalue weighted by Crippen LogP contribution is 2.43. The molecular formula is C22H24F3NO4. The number of ether oxygens (including phenoxy) is 2. The predicted molar refractivity (Wildman–Crippen MR) is 105 cm³/mol. The molecule has 1 aliphatic rings. The SMILES string of the molecule is COc1ccc(OC)c(C(c2ccccc2C(F)(F)F)N2CCC(C(=O)O)CC2)c1. The quantitative estimate of drug-likeness (QED) is 0.736. The summed E-state index contributed by atoms with van der Waals surface area (Å²) in [6.07, 6.45) is -3.79. The number of carboxylic acid groups (broad SMARTS) is 1. The Kier molecular flexibility index (Phi) is 6.55. The number of hydrogen-bond acceptors (Lipinski definition) is 4. The molecule has 1 heterocycles. The Morgan fingerprint density at radius 1 is 1.07 bits per heavy atom. The zero-order valence-electron chi connectivity index (χ0n) is 16.8. The van der Waals surface area contributed by atoms with Gasteiger partial charge in [0, 0.05) is 5.56 Å². The van der Waals surface area contributed by atoms with E-state index in [1.807, 2.05) is 4.90 Å². The molecule has 0 bridgehead atoms. The standard InChI is InChI=1S/C22H24F3NO4/c1-29-15-7-8-19(30-2)17(13-15)20(26-11-9-14(10-12-26)21(27)28)16-5-3-4-6-18(16)22(23,24)25/h3-8,13-14,20H,9-12H2,1-2H3,(H,27,28). The summed E-state index contributed by atoms with van der Waals surface area (Å²) < 4.78 is 52.3. The van der Waals surface area contributed by atoms with Crippen molar-refractivity contribution < 1.29 is 32.5 Å². The van der Waals surface area contributed by atoms with E-state index in [1.54, 1.807) is 24.3 Å². The monoisotopic (exact) mass is 423 g/mol. The molecule has 2 aromatic rings. The highest BCUT2D eigenvalue weighted by molar-refractivity contribution is 5.70. The van der Waals surface area contributed by atoms with Crippen LogP contribution in [0.1, 0.15) is 35.6 Å². The van der Waals surface area contributed by atoms with Crippen LogP contribution in [0.4, 0.5) is 13.2 Å². The largest absolute Gasteiger partial charge is 0.497 e. The molecule has 3 rings (SSSR count). The number of benzene rings is 2. The Balaban J connectivity index is 2.14. The highest BCUT2D eigenvalue weighted by Gasteiger charge is 2.39. The zero-order valence-corrected chi connectivity index (χ0v) is 16.8. The fourth-order valence-corrected chi connectivity index (χ4v) is 4.01. The summed E-state index contributed by atoms with van der Waals surface area (Å²) in [6, 6.07) is 9.75. The predicted octanol–water partition coefficient (Wildman–Crippen LogP) is 4.61. The Morgan fingerprint density at radius 3 is 2.30 bits per heavy atom. The summed E-state index contributed by atoms with van der Waals surface area (Å²) in [5.74, 6) is -0.424. The van der Waals surface area contributed by atoms with E-state index in [0.717, 1.165) is 6.07 Å². The third-order valence-corrected chi connectivity index (χ3v) is 5.54. The summed E-state index contributed by atoms with van der Waals surface area (Å²) in [7, 11) is 2.96. The van der Waals surface area contributed by atoms with Crippen LogP contribution in [0.15, 0.2) is 42.5 Å². The number of alkyl halides is 3. The number of halogens is 3. The minimum absolute atomic E-state index is 0.102. The first-order chi connectivity index (χ1) is 14.3. The Bertz CT molecular complexity index is 892. The van der Waals surface area contributed by atoms with Gasteiger partial charge in [-0.25, -0.2) is 0 Å². The van der Waals surface area contributed by atoms with Crippen molar-refractivity contribution in [3.63, 3.8) is 0 Å². The van der Waals surface area contributed by atoms with E-state index < -0.39 is 29.7 Å². The Labute approximate surface area is 173 Å². The highest BCUT2D eigenvalue weighted by atomic mass is 19.4. The van der Waals surface area contributed by atoms with Gasteiger partial charge in [-0.15, -0.1) is 0 Å². The van der Waals surface area contributed by atoms with Crippen LogP contribution < -0.4 is 9.47 Å². The van der Waals surface area contributed by atoms with Gasteiger partial charge in [0.05, 0.1) is 31.7 Å². The third kappa shape index (κ3) is 4.53. The molecule has 1 saturated heterocycles. The van der Waals surface area contributed by atoms with Crippen LogP contribution in [0.2, 0.25) is 0 Å². The zero-order chi connectivity index (χ0) is 21.9. The lowest BCUT2D eigenvalue weighted by atomic mass is 9.88. The number of carbonyl (C=O) groups is 1. The molecular weight excluding hydrogens is 399 g/mol. The summed E-state index contributed by atoms with van der Waals surface area (Å²) >= 11 is 0. The first-order valence-electron chi connectivity index (χ1n) is 9.61. The lowest BCUT2D eigenvalue weighted by Crippen LogP contribution is -2.40. The summed E-state index contributed by atoms with van der Waals surface area (Å²) in [5, 5.41) is 9.29. The van der Waals surface area contributed by atoms with Crippen LogP contribution in [-0.2, 0) is 11.0 Å². The fourth-order valence-electron chi connectivity index (χ4n) is 4.01. The van der Waals surface area contributed by atoms with Crippen molar-refractivity contribution in [2.45, 2.75) is 25.1 Å². The minimum atomic E-state index is -4.53. The molecule has 0 spiro atoms. The van der Waals surface area contributed by atoms with Crippen molar-refractivity contribution in [3.8, 4) is 11.5 Å². The van der Waals surface area contributed by atoms with E-state index in [9.17, 15) is 23.1 Å². The maximum atomic E-state index is 13.8. The van der Waals surface area contributed by atoms with Crippen molar-refractivity contribution in [2.24, 2.45) is 5.92 Å². The van der Waals surface area contributed by atoms with Gasteiger partial charge in [-0.05, 0) is 55.8 Å². The molecule has 30 heavy (non-hydrogen) atoms. The van der Waals surface area contributed by atoms with Gasteiger partial charge >= 0.3 is 12.1 Å². The molecule has 1 fully saturated rings. The van der Waals surface area contributed by atoms with Gasteiger partial charge < -0.3 is 14.6 Å². The summed E-state index contributed by atoms with van der Waals surface area (Å²) in [5.41, 5.74) is -0.0760. The number of carboxylic acids is 1. The maximum Gasteiger partial charge on any atom is 0.416 e. The van der Waals surface area contributed by atoms with Gasteiger partial charge in [-0.3, -0.25) is 9.69 Å². The van der Waals surface area contributed by atoms with Crippen LogP contribution in [-0.4, -0.2) is 43.3 Å². The van der Waals surface area contributed by atoms with Crippen LogP contribution >= 0.6 is 0 Å². The maximum absolute atomic E-state index is 13.8. The lowest BCUT2D eigenvalue weighted by Gasteiger charge is -2.38. The molecule has 1 atom stereocenters. The molecule has 2 aromatic carbocycles. The first-order valence-corrected chi connectivity index (χ1v) is 9.61. The number of methoxy groups -OCH3 is 2. The molecule has 0 aliphatic carbocycles. The van der Waals surface area contributed by atoms with Gasteiger partial charge in [0.1, 0.15) is 11.5 Å². The second-order valence-electron chi connectivity index (χ2n) is 7.24. The summed E-state index contributed by atoms with van der Waals surface area (Å²) in [4.78, 5) is 13.2. The van der Waals surface area contributed by atoms with Gasteiger partial charge in [-0.2, -0.15) is 13.2 Å². The number of hydrogen-bond donors (Lipinski definition) is 1. The lowest BCUT2D eigenvalue weighted by molar-refractivity contribution is -0.143. The average molecular weight is 423 g/mol. The summed E-state index contributed by atoms with van der Waals surface area (Å²) in [6.45, 7) is 0.711. The smallest absolute Gasteiger partial charge is 0.416 e. The molecule has 8 heteroatoms. The fraction of sp³-hybridized carbons (Fsp3) is 0.409. The molecule has 1 N–H and O–H groups in total. The normalized spacial score (nSPS) is 16.8. The topological polar surface area (TPSA) is 59.0 Å². The Morgan fingerprint density at radius 2 is 1.73 bits per heavy atom. The van der Waals surface area contributed by atoms with Gasteiger partial charge in [0.15, 0.2) is 0 Å². The number of aliphatic carboxylic acids is 1. The van der Waals surface area contributed by atoms with Crippen molar-refractivity contribution in [1.29, 1.82) is 0 Å².